The molecule has 0 atom stereocenters. The molecule has 0 aliphatic carbocycles. The molecule has 2 rings (SSSR count). The van der Waals surface area contributed by atoms with Crippen molar-refractivity contribution in [2.45, 2.75) is 0 Å². The molecule has 7 heteroatoms. The Balaban J connectivity index is 2.34. The van der Waals surface area contributed by atoms with Crippen LogP contribution >= 0.6 is 27.5 Å². The van der Waals surface area contributed by atoms with Crippen LogP contribution in [0.3, 0.4) is 0 Å². The third-order valence-corrected chi connectivity index (χ3v) is 2.75. The van der Waals surface area contributed by atoms with Gasteiger partial charge in [0.1, 0.15) is 0 Å². The summed E-state index contributed by atoms with van der Waals surface area (Å²) in [5, 5.41) is 3.19. The number of nitrogens with one attached hydrogen (secondary N) is 1. The molecule has 0 aliphatic heterocycles. The summed E-state index contributed by atoms with van der Waals surface area (Å²) in [5.74, 6) is -0.623. The van der Waals surface area contributed by atoms with E-state index in [9.17, 15) is 4.39 Å². The molecule has 2 aromatic rings. The zero-order valence-corrected chi connectivity index (χ0v) is 10.8. The maximum Gasteiger partial charge on any atom is 0.222 e. The topological polar surface area (TPSA) is 63.8 Å². The Morgan fingerprint density at radius 2 is 2.18 bits per heavy atom. The fourth-order valence-electron chi connectivity index (χ4n) is 1.19. The van der Waals surface area contributed by atoms with Gasteiger partial charge in [0.15, 0.2) is 11.6 Å². The van der Waals surface area contributed by atoms with Crippen LogP contribution in [0.5, 0.6) is 0 Å². The lowest BCUT2D eigenvalue weighted by molar-refractivity contribution is 0.620. The maximum atomic E-state index is 13.4. The molecule has 0 spiro atoms. The minimum absolute atomic E-state index is 0.0119. The Kier molecular flexibility index (Phi) is 3.44. The number of nitrogen functional groups attached to an aromatic ring is 1. The molecule has 88 valence electrons. The number of hydrogen-bond donors (Lipinski definition) is 2. The van der Waals surface area contributed by atoms with Gasteiger partial charge in [-0.2, -0.15) is 4.98 Å². The van der Waals surface area contributed by atoms with E-state index in [2.05, 4.69) is 31.2 Å². The van der Waals surface area contributed by atoms with Crippen LogP contribution in [-0.2, 0) is 0 Å². The van der Waals surface area contributed by atoms with E-state index < -0.39 is 5.82 Å². The monoisotopic (exact) mass is 316 g/mol. The second kappa shape index (κ2) is 4.85. The predicted molar refractivity (Wildman–Crippen MR) is 68.8 cm³/mol. The van der Waals surface area contributed by atoms with Crippen molar-refractivity contribution in [2.75, 3.05) is 11.1 Å². The van der Waals surface area contributed by atoms with Crippen molar-refractivity contribution in [3.63, 3.8) is 0 Å². The van der Waals surface area contributed by atoms with Crippen molar-refractivity contribution >= 4 is 45.0 Å². The average Bonchev–Trinajstić information content (AvgIpc) is 2.27. The summed E-state index contributed by atoms with van der Waals surface area (Å²) in [5.41, 5.74) is 5.91. The van der Waals surface area contributed by atoms with Crippen molar-refractivity contribution in [3.05, 3.63) is 39.7 Å². The zero-order valence-electron chi connectivity index (χ0n) is 8.42. The molecular weight excluding hydrogens is 310 g/mol. The van der Waals surface area contributed by atoms with Gasteiger partial charge in [-0.05, 0) is 18.2 Å². The van der Waals surface area contributed by atoms with Crippen molar-refractivity contribution in [2.24, 2.45) is 0 Å². The molecule has 0 saturated heterocycles. The van der Waals surface area contributed by atoms with Crippen LogP contribution in [0.1, 0.15) is 0 Å². The smallest absolute Gasteiger partial charge is 0.222 e. The SMILES string of the molecule is Nc1ncc(F)c(Nc2ccc(Br)cc2Cl)n1. The van der Waals surface area contributed by atoms with Crippen molar-refractivity contribution in [3.8, 4) is 0 Å². The summed E-state index contributed by atoms with van der Waals surface area (Å²) in [4.78, 5) is 7.27. The molecule has 0 aliphatic rings. The van der Waals surface area contributed by atoms with Gasteiger partial charge in [-0.25, -0.2) is 9.37 Å². The van der Waals surface area contributed by atoms with Gasteiger partial charge in [0.2, 0.25) is 5.95 Å². The highest BCUT2D eigenvalue weighted by atomic mass is 79.9. The highest BCUT2D eigenvalue weighted by Gasteiger charge is 2.08. The number of anilines is 3. The second-order valence-corrected chi connectivity index (χ2v) is 4.50. The first-order valence-corrected chi connectivity index (χ1v) is 5.73. The summed E-state index contributed by atoms with van der Waals surface area (Å²) in [6.45, 7) is 0. The Morgan fingerprint density at radius 1 is 1.41 bits per heavy atom. The molecule has 0 fully saturated rings. The average molecular weight is 318 g/mol. The standard InChI is InChI=1S/C10H7BrClFN4/c11-5-1-2-8(6(12)3-5)16-9-7(13)4-15-10(14)17-9/h1-4H,(H3,14,15,16,17). The van der Waals surface area contributed by atoms with Gasteiger partial charge in [-0.3, -0.25) is 0 Å². The Labute approximate surface area is 110 Å². The van der Waals surface area contributed by atoms with Crippen LogP contribution in [0.25, 0.3) is 0 Å². The molecule has 1 aromatic heterocycles. The van der Waals surface area contributed by atoms with Crippen LogP contribution in [0.4, 0.5) is 21.8 Å². The fraction of sp³-hybridized carbons (Fsp3) is 0. The van der Waals surface area contributed by atoms with Crippen molar-refractivity contribution < 1.29 is 4.39 Å². The molecule has 4 nitrogen and oxygen atoms in total. The number of nitrogens with two attached hydrogens (primary N) is 1. The Morgan fingerprint density at radius 3 is 2.88 bits per heavy atom. The first-order valence-electron chi connectivity index (χ1n) is 4.56. The molecule has 3 N–H and O–H groups in total. The Hall–Kier alpha value is -1.40. The van der Waals surface area contributed by atoms with Crippen LogP contribution in [0.2, 0.25) is 5.02 Å². The van der Waals surface area contributed by atoms with Gasteiger partial charge >= 0.3 is 0 Å². The third kappa shape index (κ3) is 2.83. The van der Waals surface area contributed by atoms with E-state index >= 15 is 0 Å². The summed E-state index contributed by atoms with van der Waals surface area (Å²) < 4.78 is 14.2. The molecule has 0 amide bonds. The van der Waals surface area contributed by atoms with Crippen LogP contribution in [0.15, 0.2) is 28.9 Å². The van der Waals surface area contributed by atoms with E-state index in [1.54, 1.807) is 18.2 Å². The quantitative estimate of drug-likeness (QED) is 0.891. The molecule has 0 saturated carbocycles. The minimum Gasteiger partial charge on any atom is -0.368 e. The summed E-state index contributed by atoms with van der Waals surface area (Å²) >= 11 is 9.26. The number of aromatic nitrogens is 2. The maximum absolute atomic E-state index is 13.4. The van der Waals surface area contributed by atoms with E-state index in [4.69, 9.17) is 17.3 Å². The number of benzene rings is 1. The van der Waals surface area contributed by atoms with Gasteiger partial charge in [0.05, 0.1) is 16.9 Å². The Bertz CT molecular complexity index is 564. The molecule has 0 radical (unpaired) electrons. The largest absolute Gasteiger partial charge is 0.368 e. The van der Waals surface area contributed by atoms with Crippen LogP contribution in [-0.4, -0.2) is 9.97 Å². The van der Waals surface area contributed by atoms with Gasteiger partial charge in [-0.1, -0.05) is 27.5 Å². The second-order valence-electron chi connectivity index (χ2n) is 3.17. The van der Waals surface area contributed by atoms with E-state index in [-0.39, 0.29) is 11.8 Å². The normalized spacial score (nSPS) is 10.3. The van der Waals surface area contributed by atoms with Crippen molar-refractivity contribution in [1.29, 1.82) is 0 Å². The number of nitrogens with zero attached hydrogens (tertiary/aromatic N) is 2. The summed E-state index contributed by atoms with van der Waals surface area (Å²) in [6.07, 6.45) is 0.997. The first-order chi connectivity index (χ1) is 8.06. The predicted octanol–water partition coefficient (Wildman–Crippen LogP) is 3.36. The van der Waals surface area contributed by atoms with E-state index in [0.717, 1.165) is 10.7 Å². The van der Waals surface area contributed by atoms with Gasteiger partial charge in [0, 0.05) is 4.47 Å². The summed E-state index contributed by atoms with van der Waals surface area (Å²) in [6, 6.07) is 5.16. The molecule has 0 unspecified atom stereocenters. The lowest BCUT2D eigenvalue weighted by Gasteiger charge is -2.08. The molecule has 1 heterocycles. The van der Waals surface area contributed by atoms with Crippen LogP contribution in [0, 0.1) is 5.82 Å². The highest BCUT2D eigenvalue weighted by Crippen LogP contribution is 2.28. The molecule has 0 bridgehead atoms. The summed E-state index contributed by atoms with van der Waals surface area (Å²) in [7, 11) is 0. The van der Waals surface area contributed by atoms with Gasteiger partial charge in [-0.15, -0.1) is 0 Å². The molecule has 17 heavy (non-hydrogen) atoms. The first kappa shape index (κ1) is 12.1. The van der Waals surface area contributed by atoms with Crippen molar-refractivity contribution in [1.82, 2.24) is 9.97 Å². The lowest BCUT2D eigenvalue weighted by Crippen LogP contribution is -2.02. The fourth-order valence-corrected chi connectivity index (χ4v) is 1.91. The minimum atomic E-state index is -0.599. The lowest BCUT2D eigenvalue weighted by atomic mass is 10.3. The van der Waals surface area contributed by atoms with E-state index in [1.165, 1.54) is 0 Å². The highest BCUT2D eigenvalue weighted by molar-refractivity contribution is 9.10. The van der Waals surface area contributed by atoms with Gasteiger partial charge < -0.3 is 11.1 Å². The number of rotatable bonds is 2. The van der Waals surface area contributed by atoms with E-state index in [0.29, 0.717) is 10.7 Å². The molecule has 1 aromatic carbocycles. The van der Waals surface area contributed by atoms with Crippen LogP contribution < -0.4 is 11.1 Å². The number of halogens is 3. The molecular formula is C10H7BrClFN4. The zero-order chi connectivity index (χ0) is 12.4. The van der Waals surface area contributed by atoms with E-state index in [1.807, 2.05) is 0 Å². The third-order valence-electron chi connectivity index (χ3n) is 1.95. The van der Waals surface area contributed by atoms with Gasteiger partial charge in [0.25, 0.3) is 0 Å². The number of hydrogen-bond acceptors (Lipinski definition) is 4.